The van der Waals surface area contributed by atoms with Crippen molar-refractivity contribution in [2.24, 2.45) is 0 Å². The SMILES string of the molecule is CCN([C@@H](C)C(=O)Nc1ccc(C)cc1)S(=O)(=O)c1ccccc1F. The maximum atomic E-state index is 13.9. The van der Waals surface area contributed by atoms with Crippen LogP contribution in [0.5, 0.6) is 0 Å². The van der Waals surface area contributed by atoms with Gasteiger partial charge >= 0.3 is 0 Å². The number of benzene rings is 2. The summed E-state index contributed by atoms with van der Waals surface area (Å²) in [6.45, 7) is 5.05. The highest BCUT2D eigenvalue weighted by molar-refractivity contribution is 7.89. The summed E-state index contributed by atoms with van der Waals surface area (Å²) >= 11 is 0. The summed E-state index contributed by atoms with van der Waals surface area (Å²) < 4.78 is 40.4. The molecular formula is C18H21FN2O3S. The van der Waals surface area contributed by atoms with E-state index in [0.29, 0.717) is 5.69 Å². The first kappa shape index (κ1) is 19.1. The molecular weight excluding hydrogens is 343 g/mol. The molecule has 2 aromatic carbocycles. The predicted molar refractivity (Wildman–Crippen MR) is 95.2 cm³/mol. The van der Waals surface area contributed by atoms with Crippen LogP contribution in [0.2, 0.25) is 0 Å². The average Bonchev–Trinajstić information content (AvgIpc) is 2.57. The van der Waals surface area contributed by atoms with Gasteiger partial charge < -0.3 is 5.32 Å². The molecule has 0 spiro atoms. The first-order chi connectivity index (χ1) is 11.8. The van der Waals surface area contributed by atoms with Crippen LogP contribution in [-0.4, -0.2) is 31.2 Å². The minimum Gasteiger partial charge on any atom is -0.325 e. The van der Waals surface area contributed by atoms with Gasteiger partial charge in [0.15, 0.2) is 0 Å². The van der Waals surface area contributed by atoms with Gasteiger partial charge in [-0.2, -0.15) is 4.31 Å². The normalized spacial score (nSPS) is 12.8. The molecule has 134 valence electrons. The van der Waals surface area contributed by atoms with Gasteiger partial charge in [0, 0.05) is 12.2 Å². The molecule has 1 N–H and O–H groups in total. The van der Waals surface area contributed by atoms with Gasteiger partial charge in [-0.3, -0.25) is 4.79 Å². The summed E-state index contributed by atoms with van der Waals surface area (Å²) in [7, 11) is -4.13. The number of hydrogen-bond acceptors (Lipinski definition) is 3. The number of nitrogens with one attached hydrogen (secondary N) is 1. The molecule has 0 fully saturated rings. The largest absolute Gasteiger partial charge is 0.325 e. The van der Waals surface area contributed by atoms with Crippen molar-refractivity contribution in [3.63, 3.8) is 0 Å². The zero-order chi connectivity index (χ0) is 18.6. The highest BCUT2D eigenvalue weighted by Gasteiger charge is 2.33. The standard InChI is InChI=1S/C18H21FN2O3S/c1-4-21(25(23,24)17-8-6-5-7-16(17)19)14(3)18(22)20-15-11-9-13(2)10-12-15/h5-12,14H,4H2,1-3H3,(H,20,22)/t14-/m0/s1. The highest BCUT2D eigenvalue weighted by atomic mass is 32.2. The first-order valence-electron chi connectivity index (χ1n) is 7.91. The molecule has 2 aromatic rings. The van der Waals surface area contributed by atoms with Crippen LogP contribution >= 0.6 is 0 Å². The molecule has 2 rings (SSSR count). The van der Waals surface area contributed by atoms with E-state index in [1.807, 2.05) is 19.1 Å². The summed E-state index contributed by atoms with van der Waals surface area (Å²) in [6.07, 6.45) is 0. The maximum absolute atomic E-state index is 13.9. The second kappa shape index (κ2) is 7.76. The van der Waals surface area contributed by atoms with E-state index in [1.54, 1.807) is 19.1 Å². The second-order valence-electron chi connectivity index (χ2n) is 5.67. The number of anilines is 1. The molecule has 5 nitrogen and oxygen atoms in total. The molecule has 0 unspecified atom stereocenters. The molecule has 7 heteroatoms. The second-order valence-corrected chi connectivity index (χ2v) is 7.53. The van der Waals surface area contributed by atoms with Gasteiger partial charge in [-0.15, -0.1) is 0 Å². The Morgan fingerprint density at radius 1 is 1.16 bits per heavy atom. The lowest BCUT2D eigenvalue weighted by atomic mass is 10.2. The molecule has 0 heterocycles. The molecule has 0 aromatic heterocycles. The van der Waals surface area contributed by atoms with E-state index in [-0.39, 0.29) is 6.54 Å². The number of carbonyl (C=O) groups is 1. The quantitative estimate of drug-likeness (QED) is 0.856. The number of halogens is 1. The Labute approximate surface area is 147 Å². The van der Waals surface area contributed by atoms with Crippen LogP contribution in [0.4, 0.5) is 10.1 Å². The van der Waals surface area contributed by atoms with E-state index in [2.05, 4.69) is 5.32 Å². The van der Waals surface area contributed by atoms with Crippen molar-refractivity contribution in [1.29, 1.82) is 0 Å². The summed E-state index contributed by atoms with van der Waals surface area (Å²) in [5.74, 6) is -1.32. The highest BCUT2D eigenvalue weighted by Crippen LogP contribution is 2.21. The van der Waals surface area contributed by atoms with Crippen molar-refractivity contribution in [3.05, 3.63) is 59.9 Å². The zero-order valence-corrected chi connectivity index (χ0v) is 15.2. The monoisotopic (exact) mass is 364 g/mol. The van der Waals surface area contributed by atoms with Crippen molar-refractivity contribution >= 4 is 21.6 Å². The van der Waals surface area contributed by atoms with E-state index in [1.165, 1.54) is 25.1 Å². The van der Waals surface area contributed by atoms with Crippen LogP contribution in [-0.2, 0) is 14.8 Å². The van der Waals surface area contributed by atoms with Crippen LogP contribution < -0.4 is 5.32 Å². The summed E-state index contributed by atoms with van der Waals surface area (Å²) in [5.41, 5.74) is 1.62. The third-order valence-corrected chi connectivity index (χ3v) is 5.94. The zero-order valence-electron chi connectivity index (χ0n) is 14.4. The molecule has 0 bridgehead atoms. The lowest BCUT2D eigenvalue weighted by Crippen LogP contribution is -2.45. The van der Waals surface area contributed by atoms with E-state index >= 15 is 0 Å². The minimum absolute atomic E-state index is 0.0408. The number of rotatable bonds is 6. The van der Waals surface area contributed by atoms with Gasteiger partial charge in [-0.1, -0.05) is 36.8 Å². The smallest absolute Gasteiger partial charge is 0.246 e. The molecule has 0 aliphatic carbocycles. The van der Waals surface area contributed by atoms with E-state index < -0.39 is 32.7 Å². The van der Waals surface area contributed by atoms with Crippen molar-refractivity contribution in [2.45, 2.75) is 31.7 Å². The number of nitrogens with zero attached hydrogens (tertiary/aromatic N) is 1. The number of sulfonamides is 1. The Bertz CT molecular complexity index is 851. The molecule has 0 radical (unpaired) electrons. The Kier molecular flexibility index (Phi) is 5.92. The summed E-state index contributed by atoms with van der Waals surface area (Å²) in [5, 5.41) is 2.68. The molecule has 1 amide bonds. The van der Waals surface area contributed by atoms with Gasteiger partial charge in [-0.25, -0.2) is 12.8 Å². The number of carbonyl (C=O) groups excluding carboxylic acids is 1. The molecule has 1 atom stereocenters. The number of hydrogen-bond donors (Lipinski definition) is 1. The van der Waals surface area contributed by atoms with Crippen LogP contribution in [0.3, 0.4) is 0 Å². The molecule has 0 aliphatic rings. The lowest BCUT2D eigenvalue weighted by molar-refractivity contribution is -0.119. The summed E-state index contributed by atoms with van der Waals surface area (Å²) in [4.78, 5) is 12.0. The fraction of sp³-hybridized carbons (Fsp3) is 0.278. The number of aryl methyl sites for hydroxylation is 1. The van der Waals surface area contributed by atoms with Crippen LogP contribution in [0.25, 0.3) is 0 Å². The van der Waals surface area contributed by atoms with Gasteiger partial charge in [0.1, 0.15) is 16.8 Å². The van der Waals surface area contributed by atoms with Crippen LogP contribution in [0, 0.1) is 12.7 Å². The minimum atomic E-state index is -4.13. The third kappa shape index (κ3) is 4.24. The molecule has 0 saturated heterocycles. The Hall–Kier alpha value is -2.25. The Morgan fingerprint density at radius 2 is 1.76 bits per heavy atom. The van der Waals surface area contributed by atoms with E-state index in [9.17, 15) is 17.6 Å². The molecule has 0 saturated carbocycles. The fourth-order valence-corrected chi connectivity index (χ4v) is 4.12. The van der Waals surface area contributed by atoms with E-state index in [4.69, 9.17) is 0 Å². The van der Waals surface area contributed by atoms with Crippen LogP contribution in [0.15, 0.2) is 53.4 Å². The Balaban J connectivity index is 2.25. The lowest BCUT2D eigenvalue weighted by Gasteiger charge is -2.26. The number of likely N-dealkylation sites (N-methyl/N-ethyl adjacent to an activating group) is 1. The Morgan fingerprint density at radius 3 is 2.32 bits per heavy atom. The summed E-state index contributed by atoms with van der Waals surface area (Å²) in [6, 6.07) is 11.3. The average molecular weight is 364 g/mol. The third-order valence-electron chi connectivity index (χ3n) is 3.87. The molecule has 0 aliphatic heterocycles. The predicted octanol–water partition coefficient (Wildman–Crippen LogP) is 3.17. The van der Waals surface area contributed by atoms with Crippen molar-refractivity contribution in [2.75, 3.05) is 11.9 Å². The first-order valence-corrected chi connectivity index (χ1v) is 9.35. The van der Waals surface area contributed by atoms with Crippen molar-refractivity contribution < 1.29 is 17.6 Å². The van der Waals surface area contributed by atoms with Crippen molar-refractivity contribution in [1.82, 2.24) is 4.31 Å². The maximum Gasteiger partial charge on any atom is 0.246 e. The van der Waals surface area contributed by atoms with E-state index in [0.717, 1.165) is 15.9 Å². The van der Waals surface area contributed by atoms with Gasteiger partial charge in [0.2, 0.25) is 15.9 Å². The van der Waals surface area contributed by atoms with Gasteiger partial charge in [-0.05, 0) is 38.1 Å². The van der Waals surface area contributed by atoms with Gasteiger partial charge in [0.05, 0.1) is 0 Å². The topological polar surface area (TPSA) is 66.5 Å². The fourth-order valence-electron chi connectivity index (χ4n) is 2.45. The number of amides is 1. The molecule has 25 heavy (non-hydrogen) atoms. The van der Waals surface area contributed by atoms with Gasteiger partial charge in [0.25, 0.3) is 0 Å². The van der Waals surface area contributed by atoms with Crippen molar-refractivity contribution in [3.8, 4) is 0 Å². The van der Waals surface area contributed by atoms with Crippen LogP contribution in [0.1, 0.15) is 19.4 Å².